The Kier molecular flexibility index (Phi) is 6.89. The highest BCUT2D eigenvalue weighted by Gasteiger charge is 2.23. The molecule has 1 N–H and O–H groups in total. The van der Waals surface area contributed by atoms with Gasteiger partial charge < -0.3 is 9.52 Å². The van der Waals surface area contributed by atoms with Crippen molar-refractivity contribution in [1.82, 2.24) is 15.0 Å². The number of hydrogen-bond acceptors (Lipinski definition) is 5. The van der Waals surface area contributed by atoms with Crippen LogP contribution in [0.15, 0.2) is 174 Å². The van der Waals surface area contributed by atoms with Crippen molar-refractivity contribution in [3.63, 3.8) is 0 Å². The average molecular weight is 668 g/mol. The summed E-state index contributed by atoms with van der Waals surface area (Å²) in [6.07, 6.45) is 0. The molecule has 0 aliphatic carbocycles. The van der Waals surface area contributed by atoms with Crippen LogP contribution in [0.25, 0.3) is 99.9 Å². The molecule has 0 aliphatic rings. The van der Waals surface area contributed by atoms with Gasteiger partial charge in [-0.2, -0.15) is 0 Å². The van der Waals surface area contributed by atoms with Gasteiger partial charge in [0.1, 0.15) is 16.9 Å². The second-order valence-electron chi connectivity index (χ2n) is 12.9. The van der Waals surface area contributed by atoms with E-state index in [1.807, 2.05) is 109 Å². The lowest BCUT2D eigenvalue weighted by Crippen LogP contribution is -2.02. The summed E-state index contributed by atoms with van der Waals surface area (Å²) in [5.74, 6) is 1.72. The van der Waals surface area contributed by atoms with Gasteiger partial charge in [0.2, 0.25) is 0 Å². The van der Waals surface area contributed by atoms with E-state index < -0.39 is 0 Å². The third kappa shape index (κ3) is 4.83. The molecule has 244 valence electrons. The zero-order valence-corrected chi connectivity index (χ0v) is 27.9. The van der Waals surface area contributed by atoms with Gasteiger partial charge in [-0.3, -0.25) is 0 Å². The molecular formula is C47H29N3O2. The molecule has 0 saturated heterocycles. The highest BCUT2D eigenvalue weighted by Crippen LogP contribution is 2.47. The van der Waals surface area contributed by atoms with E-state index in [2.05, 4.69) is 60.7 Å². The van der Waals surface area contributed by atoms with Crippen LogP contribution in [0, 0.1) is 0 Å². The van der Waals surface area contributed by atoms with E-state index in [1.165, 1.54) is 5.39 Å². The Balaban J connectivity index is 1.26. The zero-order chi connectivity index (χ0) is 34.6. The second kappa shape index (κ2) is 12.0. The number of benzene rings is 8. The summed E-state index contributed by atoms with van der Waals surface area (Å²) in [6, 6.07) is 56.8. The number of furan rings is 1. The molecule has 10 aromatic rings. The number of aromatic nitrogens is 3. The maximum absolute atomic E-state index is 12.4. The quantitative estimate of drug-likeness (QED) is 0.185. The molecule has 0 amide bonds. The Labute approximate surface area is 299 Å². The van der Waals surface area contributed by atoms with Crippen LogP contribution in [-0.4, -0.2) is 20.1 Å². The molecule has 0 saturated carbocycles. The number of fused-ring (bicyclic) bond motifs is 6. The predicted molar refractivity (Wildman–Crippen MR) is 211 cm³/mol. The minimum absolute atomic E-state index is 0.140. The van der Waals surface area contributed by atoms with Crippen molar-refractivity contribution in [2.45, 2.75) is 0 Å². The number of hydrogen-bond donors (Lipinski definition) is 1. The first-order valence-electron chi connectivity index (χ1n) is 17.3. The Morgan fingerprint density at radius 2 is 0.962 bits per heavy atom. The van der Waals surface area contributed by atoms with Crippen LogP contribution >= 0.6 is 0 Å². The van der Waals surface area contributed by atoms with E-state index in [1.54, 1.807) is 0 Å². The van der Waals surface area contributed by atoms with Gasteiger partial charge in [0.15, 0.2) is 17.5 Å². The third-order valence-corrected chi connectivity index (χ3v) is 9.85. The number of phenolic OH excluding ortho intramolecular Hbond substituents is 1. The molecule has 0 bridgehead atoms. The molecule has 0 atom stereocenters. The van der Waals surface area contributed by atoms with Crippen LogP contribution < -0.4 is 0 Å². The SMILES string of the molecule is Oc1c(-c2cccc3oc4ccccc4c23)ccc(-c2nc(-c3ccccc3)nc(-c3cc4ccccc4c4ccccc34)n2)c1-c1ccccc1. The molecule has 5 nitrogen and oxygen atoms in total. The van der Waals surface area contributed by atoms with Crippen LogP contribution in [0.1, 0.15) is 0 Å². The normalized spacial score (nSPS) is 11.5. The molecule has 2 aromatic heterocycles. The van der Waals surface area contributed by atoms with Crippen LogP contribution in [0.4, 0.5) is 0 Å². The van der Waals surface area contributed by atoms with Crippen LogP contribution in [-0.2, 0) is 0 Å². The van der Waals surface area contributed by atoms with Crippen molar-refractivity contribution in [2.24, 2.45) is 0 Å². The summed E-state index contributed by atoms with van der Waals surface area (Å²) < 4.78 is 6.22. The molecule has 0 aliphatic heterocycles. The minimum atomic E-state index is 0.140. The summed E-state index contributed by atoms with van der Waals surface area (Å²) in [5.41, 5.74) is 7.11. The summed E-state index contributed by atoms with van der Waals surface area (Å²) in [7, 11) is 0. The molecule has 52 heavy (non-hydrogen) atoms. The largest absolute Gasteiger partial charge is 0.507 e. The third-order valence-electron chi connectivity index (χ3n) is 9.85. The van der Waals surface area contributed by atoms with Crippen molar-refractivity contribution >= 4 is 43.5 Å². The van der Waals surface area contributed by atoms with Gasteiger partial charge in [-0.15, -0.1) is 0 Å². The monoisotopic (exact) mass is 667 g/mol. The van der Waals surface area contributed by atoms with Gasteiger partial charge in [0.25, 0.3) is 0 Å². The van der Waals surface area contributed by atoms with Gasteiger partial charge in [-0.1, -0.05) is 140 Å². The number of para-hydroxylation sites is 1. The van der Waals surface area contributed by atoms with Crippen molar-refractivity contribution in [2.75, 3.05) is 0 Å². The van der Waals surface area contributed by atoms with Crippen LogP contribution in [0.2, 0.25) is 0 Å². The smallest absolute Gasteiger partial charge is 0.164 e. The fourth-order valence-electron chi connectivity index (χ4n) is 7.46. The van der Waals surface area contributed by atoms with Gasteiger partial charge in [-0.25, -0.2) is 15.0 Å². The van der Waals surface area contributed by atoms with Crippen LogP contribution in [0.3, 0.4) is 0 Å². The summed E-state index contributed by atoms with van der Waals surface area (Å²) in [4.78, 5) is 15.4. The van der Waals surface area contributed by atoms with Gasteiger partial charge in [0.05, 0.1) is 0 Å². The highest BCUT2D eigenvalue weighted by atomic mass is 16.3. The topological polar surface area (TPSA) is 72.0 Å². The fraction of sp³-hybridized carbons (Fsp3) is 0. The van der Waals surface area contributed by atoms with E-state index in [0.717, 1.165) is 60.4 Å². The average Bonchev–Trinajstić information content (AvgIpc) is 3.60. The first-order chi connectivity index (χ1) is 25.7. The lowest BCUT2D eigenvalue weighted by Gasteiger charge is -2.17. The van der Waals surface area contributed by atoms with Crippen molar-refractivity contribution in [1.29, 1.82) is 0 Å². The molecule has 2 heterocycles. The summed E-state index contributed by atoms with van der Waals surface area (Å²) >= 11 is 0. The molecule has 0 unspecified atom stereocenters. The van der Waals surface area contributed by atoms with E-state index in [4.69, 9.17) is 19.4 Å². The summed E-state index contributed by atoms with van der Waals surface area (Å²) in [6.45, 7) is 0. The zero-order valence-electron chi connectivity index (χ0n) is 27.9. The van der Waals surface area contributed by atoms with E-state index in [0.29, 0.717) is 34.2 Å². The van der Waals surface area contributed by atoms with Crippen LogP contribution in [0.5, 0.6) is 5.75 Å². The highest BCUT2D eigenvalue weighted by molar-refractivity contribution is 6.14. The number of rotatable bonds is 5. The lowest BCUT2D eigenvalue weighted by molar-refractivity contribution is 0.479. The second-order valence-corrected chi connectivity index (χ2v) is 12.9. The van der Waals surface area contributed by atoms with Gasteiger partial charge in [0, 0.05) is 38.6 Å². The van der Waals surface area contributed by atoms with Crippen molar-refractivity contribution in [3.8, 4) is 62.2 Å². The predicted octanol–water partition coefficient (Wildman–Crippen LogP) is 12.1. The Hall–Kier alpha value is -7.11. The molecule has 0 radical (unpaired) electrons. The molecule has 0 spiro atoms. The maximum atomic E-state index is 12.4. The molecular weight excluding hydrogens is 639 g/mol. The standard InChI is InChI=1S/C47H29N3O2/c51-44-36(35-23-13-25-41-43(35)37-22-11-12-24-40(37)52-41)26-27-38(42(44)29-14-3-1-4-15-29)46-48-45(30-16-5-2-6-17-30)49-47(50-46)39-28-31-18-7-8-19-32(31)33-20-9-10-21-34(33)39/h1-28,51H. The number of nitrogens with zero attached hydrogens (tertiary/aromatic N) is 3. The molecule has 8 aromatic carbocycles. The van der Waals surface area contributed by atoms with E-state index >= 15 is 0 Å². The van der Waals surface area contributed by atoms with Gasteiger partial charge >= 0.3 is 0 Å². The number of phenols is 1. The molecule has 5 heteroatoms. The number of aromatic hydroxyl groups is 1. The van der Waals surface area contributed by atoms with E-state index in [-0.39, 0.29) is 5.75 Å². The minimum Gasteiger partial charge on any atom is -0.507 e. The fourth-order valence-corrected chi connectivity index (χ4v) is 7.46. The maximum Gasteiger partial charge on any atom is 0.164 e. The molecule has 0 fully saturated rings. The Morgan fingerprint density at radius 3 is 1.75 bits per heavy atom. The van der Waals surface area contributed by atoms with Crippen molar-refractivity contribution < 1.29 is 9.52 Å². The summed E-state index contributed by atoms with van der Waals surface area (Å²) in [5, 5.41) is 18.9. The van der Waals surface area contributed by atoms with Crippen molar-refractivity contribution in [3.05, 3.63) is 170 Å². The Morgan fingerprint density at radius 1 is 0.385 bits per heavy atom. The van der Waals surface area contributed by atoms with E-state index in [9.17, 15) is 5.11 Å². The van der Waals surface area contributed by atoms with Gasteiger partial charge in [-0.05, 0) is 63.0 Å². The first-order valence-corrected chi connectivity index (χ1v) is 17.3. The Bertz CT molecular complexity index is 2970. The molecule has 10 rings (SSSR count). The first kappa shape index (κ1) is 29.8. The lowest BCUT2D eigenvalue weighted by atomic mass is 9.91.